The first kappa shape index (κ1) is 11.8. The summed E-state index contributed by atoms with van der Waals surface area (Å²) in [5, 5.41) is 20.2. The third-order valence-corrected chi connectivity index (χ3v) is 1.80. The van der Waals surface area contributed by atoms with Gasteiger partial charge in [0.25, 0.3) is 5.91 Å². The van der Waals surface area contributed by atoms with Crippen molar-refractivity contribution in [2.75, 3.05) is 13.7 Å². The molecule has 0 heterocycles. The fourth-order valence-corrected chi connectivity index (χ4v) is 1.07. The number of hydrogen-bond acceptors (Lipinski definition) is 4. The summed E-state index contributed by atoms with van der Waals surface area (Å²) in [6.07, 6.45) is 0. The summed E-state index contributed by atoms with van der Waals surface area (Å²) < 4.78 is 4.83. The number of carboxylic acid groups (broad SMARTS) is 1. The van der Waals surface area contributed by atoms with E-state index in [1.54, 1.807) is 0 Å². The quantitative estimate of drug-likeness (QED) is 0.681. The average Bonchev–Trinajstić information content (AvgIpc) is 2.25. The highest BCUT2D eigenvalue weighted by atomic mass is 16.5. The highest BCUT2D eigenvalue weighted by molar-refractivity contribution is 5.96. The number of amides is 1. The van der Waals surface area contributed by atoms with Gasteiger partial charge in [0.1, 0.15) is 11.5 Å². The summed E-state index contributed by atoms with van der Waals surface area (Å²) in [6.45, 7) is -0.501. The zero-order chi connectivity index (χ0) is 12.1. The average molecular weight is 225 g/mol. The van der Waals surface area contributed by atoms with Gasteiger partial charge in [0, 0.05) is 13.1 Å². The largest absolute Gasteiger partial charge is 0.507 e. The highest BCUT2D eigenvalue weighted by Gasteiger charge is 2.10. The maximum Gasteiger partial charge on any atom is 0.341 e. The van der Waals surface area contributed by atoms with E-state index in [9.17, 15) is 14.7 Å². The molecule has 0 aliphatic heterocycles. The summed E-state index contributed by atoms with van der Waals surface area (Å²) >= 11 is 0. The number of aliphatic carboxylic acids is 1. The summed E-state index contributed by atoms with van der Waals surface area (Å²) in [5.41, 5.74) is 0.102. The van der Waals surface area contributed by atoms with Crippen molar-refractivity contribution in [3.63, 3.8) is 0 Å². The van der Waals surface area contributed by atoms with Crippen LogP contribution in [0.2, 0.25) is 0 Å². The Hall–Kier alpha value is -2.24. The van der Waals surface area contributed by atoms with Crippen LogP contribution in [-0.2, 0) is 4.79 Å². The molecule has 1 rings (SSSR count). The molecule has 0 aliphatic carbocycles. The number of ether oxygens (including phenoxy) is 1. The van der Waals surface area contributed by atoms with Crippen molar-refractivity contribution in [2.45, 2.75) is 0 Å². The molecule has 3 N–H and O–H groups in total. The first-order valence-electron chi connectivity index (χ1n) is 4.44. The van der Waals surface area contributed by atoms with Gasteiger partial charge in [-0.25, -0.2) is 4.79 Å². The molecule has 0 aromatic heterocycles. The van der Waals surface area contributed by atoms with E-state index in [2.05, 4.69) is 5.32 Å². The fraction of sp³-hybridized carbons (Fsp3) is 0.200. The highest BCUT2D eigenvalue weighted by Crippen LogP contribution is 2.23. The Morgan fingerprint density at radius 3 is 2.62 bits per heavy atom. The van der Waals surface area contributed by atoms with Crippen LogP contribution in [0.1, 0.15) is 10.4 Å². The summed E-state index contributed by atoms with van der Waals surface area (Å²) in [4.78, 5) is 21.4. The first-order chi connectivity index (χ1) is 7.54. The number of hydrogen-bond donors (Lipinski definition) is 3. The maximum atomic E-state index is 11.2. The number of aromatic hydroxyl groups is 1. The lowest BCUT2D eigenvalue weighted by atomic mass is 10.2. The lowest BCUT2D eigenvalue weighted by molar-refractivity contribution is -0.139. The molecule has 0 atom stereocenters. The molecule has 1 amide bonds. The molecule has 0 radical (unpaired) electrons. The molecule has 6 nitrogen and oxygen atoms in total. The van der Waals surface area contributed by atoms with Gasteiger partial charge in [-0.3, -0.25) is 4.79 Å². The molecule has 1 aromatic rings. The van der Waals surface area contributed by atoms with Gasteiger partial charge >= 0.3 is 5.97 Å². The van der Waals surface area contributed by atoms with E-state index in [1.807, 2.05) is 0 Å². The minimum absolute atomic E-state index is 0.102. The number of phenolic OH excluding ortho intramolecular Hbond substituents is 1. The first-order valence-corrected chi connectivity index (χ1v) is 4.44. The number of rotatable bonds is 4. The zero-order valence-electron chi connectivity index (χ0n) is 8.56. The molecular weight excluding hydrogens is 214 g/mol. The SMILES string of the molecule is CNC(=O)c1ccc(OCC(=O)O)cc1O. The molecule has 0 spiro atoms. The smallest absolute Gasteiger partial charge is 0.341 e. The third kappa shape index (κ3) is 2.88. The molecule has 6 heteroatoms. The van der Waals surface area contributed by atoms with Gasteiger partial charge in [0.05, 0.1) is 5.56 Å². The van der Waals surface area contributed by atoms with Gasteiger partial charge in [-0.15, -0.1) is 0 Å². The molecule has 16 heavy (non-hydrogen) atoms. The number of carbonyl (C=O) groups excluding carboxylic acids is 1. The van der Waals surface area contributed by atoms with E-state index in [0.29, 0.717) is 0 Å². The van der Waals surface area contributed by atoms with Crippen molar-refractivity contribution < 1.29 is 24.5 Å². The number of carbonyl (C=O) groups is 2. The Balaban J connectivity index is 2.82. The van der Waals surface area contributed by atoms with E-state index in [1.165, 1.54) is 25.2 Å². The van der Waals surface area contributed by atoms with Crippen LogP contribution < -0.4 is 10.1 Å². The summed E-state index contributed by atoms with van der Waals surface area (Å²) in [7, 11) is 1.44. The molecule has 86 valence electrons. The van der Waals surface area contributed by atoms with Gasteiger partial charge in [-0.05, 0) is 12.1 Å². The lowest BCUT2D eigenvalue weighted by Crippen LogP contribution is -2.17. The number of benzene rings is 1. The normalized spacial score (nSPS) is 9.56. The van der Waals surface area contributed by atoms with Gasteiger partial charge in [-0.1, -0.05) is 0 Å². The monoisotopic (exact) mass is 225 g/mol. The predicted molar refractivity (Wildman–Crippen MR) is 54.6 cm³/mol. The molecule has 0 saturated heterocycles. The topological polar surface area (TPSA) is 95.9 Å². The van der Waals surface area contributed by atoms with Gasteiger partial charge in [-0.2, -0.15) is 0 Å². The van der Waals surface area contributed by atoms with Crippen LogP contribution in [-0.4, -0.2) is 35.7 Å². The van der Waals surface area contributed by atoms with Crippen LogP contribution >= 0.6 is 0 Å². The Kier molecular flexibility index (Phi) is 3.71. The van der Waals surface area contributed by atoms with Gasteiger partial charge in [0.2, 0.25) is 0 Å². The Morgan fingerprint density at radius 2 is 2.12 bits per heavy atom. The Labute approximate surface area is 91.5 Å². The van der Waals surface area contributed by atoms with Crippen molar-refractivity contribution >= 4 is 11.9 Å². The van der Waals surface area contributed by atoms with E-state index in [0.717, 1.165) is 0 Å². The van der Waals surface area contributed by atoms with Crippen LogP contribution in [0, 0.1) is 0 Å². The van der Waals surface area contributed by atoms with Crippen LogP contribution in [0.3, 0.4) is 0 Å². The molecule has 1 aromatic carbocycles. The second-order valence-corrected chi connectivity index (χ2v) is 2.94. The molecule has 0 saturated carbocycles. The van der Waals surface area contributed by atoms with E-state index in [-0.39, 0.29) is 17.1 Å². The molecule has 0 bridgehead atoms. The van der Waals surface area contributed by atoms with E-state index >= 15 is 0 Å². The summed E-state index contributed by atoms with van der Waals surface area (Å²) in [6, 6.07) is 3.95. The van der Waals surface area contributed by atoms with Gasteiger partial charge in [0.15, 0.2) is 6.61 Å². The van der Waals surface area contributed by atoms with E-state index < -0.39 is 18.5 Å². The lowest BCUT2D eigenvalue weighted by Gasteiger charge is -2.06. The Morgan fingerprint density at radius 1 is 1.44 bits per heavy atom. The van der Waals surface area contributed by atoms with Crippen molar-refractivity contribution in [3.05, 3.63) is 23.8 Å². The van der Waals surface area contributed by atoms with Crippen molar-refractivity contribution in [1.29, 1.82) is 0 Å². The van der Waals surface area contributed by atoms with Crippen LogP contribution in [0.15, 0.2) is 18.2 Å². The minimum atomic E-state index is -1.12. The van der Waals surface area contributed by atoms with Crippen molar-refractivity contribution in [3.8, 4) is 11.5 Å². The van der Waals surface area contributed by atoms with Gasteiger partial charge < -0.3 is 20.3 Å². The number of phenols is 1. The third-order valence-electron chi connectivity index (χ3n) is 1.80. The zero-order valence-corrected chi connectivity index (χ0v) is 8.56. The number of nitrogens with one attached hydrogen (secondary N) is 1. The number of carboxylic acids is 1. The van der Waals surface area contributed by atoms with Crippen LogP contribution in [0.25, 0.3) is 0 Å². The van der Waals surface area contributed by atoms with Crippen molar-refractivity contribution in [2.24, 2.45) is 0 Å². The molecule has 0 aliphatic rings. The van der Waals surface area contributed by atoms with Crippen LogP contribution in [0.5, 0.6) is 11.5 Å². The molecule has 0 fully saturated rings. The summed E-state index contributed by atoms with van der Waals surface area (Å²) in [5.74, 6) is -1.62. The molecule has 0 unspecified atom stereocenters. The second kappa shape index (κ2) is 5.01. The Bertz CT molecular complexity index is 416. The molecular formula is C10H11NO5. The second-order valence-electron chi connectivity index (χ2n) is 2.94. The predicted octanol–water partition coefficient (Wildman–Crippen LogP) is 0.215. The van der Waals surface area contributed by atoms with Crippen molar-refractivity contribution in [1.82, 2.24) is 5.32 Å². The van der Waals surface area contributed by atoms with E-state index in [4.69, 9.17) is 9.84 Å². The fourth-order valence-electron chi connectivity index (χ4n) is 1.07. The maximum absolute atomic E-state index is 11.2. The standard InChI is InChI=1S/C10H11NO5/c1-11-10(15)7-3-2-6(4-8(7)12)16-5-9(13)14/h2-4,12H,5H2,1H3,(H,11,15)(H,13,14). The van der Waals surface area contributed by atoms with Crippen LogP contribution in [0.4, 0.5) is 0 Å². The minimum Gasteiger partial charge on any atom is -0.507 e.